The Morgan fingerprint density at radius 2 is 1.88 bits per heavy atom. The molecular weight excluding hydrogens is 314 g/mol. The van der Waals surface area contributed by atoms with Crippen molar-refractivity contribution < 1.29 is 9.59 Å². The van der Waals surface area contributed by atoms with Crippen LogP contribution in [0.4, 0.5) is 5.69 Å². The second-order valence-corrected chi connectivity index (χ2v) is 7.53. The summed E-state index contributed by atoms with van der Waals surface area (Å²) in [5.41, 5.74) is 8.38. The number of carbonyl (C=O) groups excluding carboxylic acids is 2. The first-order valence-electron chi connectivity index (χ1n) is 9.23. The Hall–Kier alpha value is -1.88. The van der Waals surface area contributed by atoms with E-state index in [4.69, 9.17) is 5.73 Å². The summed E-state index contributed by atoms with van der Waals surface area (Å²) in [6, 6.07) is 5.96. The van der Waals surface area contributed by atoms with Crippen LogP contribution >= 0.6 is 0 Å². The second kappa shape index (κ2) is 8.48. The number of anilines is 1. The molecule has 0 saturated heterocycles. The summed E-state index contributed by atoms with van der Waals surface area (Å²) in [6.45, 7) is 6.39. The normalized spacial score (nSPS) is 17.1. The molecule has 138 valence electrons. The minimum atomic E-state index is -0.497. The predicted molar refractivity (Wildman–Crippen MR) is 101 cm³/mol. The molecule has 0 radical (unpaired) electrons. The highest BCUT2D eigenvalue weighted by molar-refractivity contribution is 5.96. The van der Waals surface area contributed by atoms with Crippen LogP contribution in [0.3, 0.4) is 0 Å². The number of amides is 2. The zero-order valence-corrected chi connectivity index (χ0v) is 15.7. The van der Waals surface area contributed by atoms with Crippen molar-refractivity contribution in [2.24, 2.45) is 11.1 Å². The largest absolute Gasteiger partial charge is 0.355 e. The van der Waals surface area contributed by atoms with Crippen LogP contribution in [0.15, 0.2) is 18.2 Å². The van der Waals surface area contributed by atoms with Crippen molar-refractivity contribution in [2.75, 3.05) is 11.9 Å². The fraction of sp³-hybridized carbons (Fsp3) is 0.600. The number of hydrogen-bond acceptors (Lipinski definition) is 3. The number of nitrogens with one attached hydrogen (secondary N) is 2. The highest BCUT2D eigenvalue weighted by Crippen LogP contribution is 2.38. The lowest BCUT2D eigenvalue weighted by atomic mass is 9.84. The van der Waals surface area contributed by atoms with Gasteiger partial charge in [0.05, 0.1) is 5.41 Å². The molecule has 1 saturated carbocycles. The molecule has 25 heavy (non-hydrogen) atoms. The lowest BCUT2D eigenvalue weighted by Gasteiger charge is -2.28. The van der Waals surface area contributed by atoms with E-state index in [1.807, 2.05) is 32.0 Å². The van der Waals surface area contributed by atoms with Crippen LogP contribution in [0.1, 0.15) is 56.6 Å². The average Bonchev–Trinajstić information content (AvgIpc) is 3.04. The number of benzene rings is 1. The molecule has 4 N–H and O–H groups in total. The number of rotatable bonds is 7. The van der Waals surface area contributed by atoms with Gasteiger partial charge in [-0.2, -0.15) is 0 Å². The Kier molecular flexibility index (Phi) is 6.59. The number of aryl methyl sites for hydroxylation is 2. The van der Waals surface area contributed by atoms with Crippen molar-refractivity contribution in [3.8, 4) is 0 Å². The average molecular weight is 345 g/mol. The fourth-order valence-corrected chi connectivity index (χ4v) is 3.33. The Balaban J connectivity index is 1.99. The van der Waals surface area contributed by atoms with Crippen molar-refractivity contribution in [1.82, 2.24) is 5.32 Å². The first-order chi connectivity index (χ1) is 11.8. The maximum atomic E-state index is 12.9. The minimum absolute atomic E-state index is 0.0132. The zero-order valence-electron chi connectivity index (χ0n) is 15.7. The molecule has 5 heteroatoms. The first kappa shape index (κ1) is 19.4. The molecule has 0 aliphatic heterocycles. The fourth-order valence-electron chi connectivity index (χ4n) is 3.33. The van der Waals surface area contributed by atoms with E-state index in [1.165, 1.54) is 5.56 Å². The van der Waals surface area contributed by atoms with Crippen LogP contribution in [0.25, 0.3) is 0 Å². The highest BCUT2D eigenvalue weighted by Gasteiger charge is 2.41. The third kappa shape index (κ3) is 5.30. The van der Waals surface area contributed by atoms with Gasteiger partial charge in [-0.25, -0.2) is 0 Å². The van der Waals surface area contributed by atoms with Gasteiger partial charge in [-0.3, -0.25) is 9.59 Å². The van der Waals surface area contributed by atoms with Gasteiger partial charge in [-0.15, -0.1) is 0 Å². The van der Waals surface area contributed by atoms with Gasteiger partial charge >= 0.3 is 0 Å². The van der Waals surface area contributed by atoms with E-state index < -0.39 is 5.41 Å². The van der Waals surface area contributed by atoms with E-state index in [9.17, 15) is 9.59 Å². The van der Waals surface area contributed by atoms with Gasteiger partial charge in [0.25, 0.3) is 0 Å². The molecule has 2 amide bonds. The molecule has 1 aliphatic carbocycles. The maximum absolute atomic E-state index is 12.9. The quantitative estimate of drug-likeness (QED) is 0.710. The molecule has 0 heterocycles. The van der Waals surface area contributed by atoms with Crippen LogP contribution in [-0.2, 0) is 9.59 Å². The molecule has 2 rings (SSSR count). The molecule has 1 unspecified atom stereocenters. The molecule has 0 bridgehead atoms. The number of nitrogens with two attached hydrogens (primary N) is 1. The molecule has 1 aromatic carbocycles. The topological polar surface area (TPSA) is 84.2 Å². The van der Waals surface area contributed by atoms with E-state index in [1.54, 1.807) is 0 Å². The summed E-state index contributed by atoms with van der Waals surface area (Å²) < 4.78 is 0. The maximum Gasteiger partial charge on any atom is 0.232 e. The lowest BCUT2D eigenvalue weighted by Crippen LogP contribution is -2.44. The highest BCUT2D eigenvalue weighted by atomic mass is 16.2. The Morgan fingerprint density at radius 1 is 1.20 bits per heavy atom. The molecule has 5 nitrogen and oxygen atoms in total. The van der Waals surface area contributed by atoms with Crippen molar-refractivity contribution in [1.29, 1.82) is 0 Å². The Morgan fingerprint density at radius 3 is 2.48 bits per heavy atom. The summed E-state index contributed by atoms with van der Waals surface area (Å²) in [6.07, 6.45) is 4.75. The third-order valence-electron chi connectivity index (χ3n) is 5.26. The van der Waals surface area contributed by atoms with E-state index in [2.05, 4.69) is 17.6 Å². The van der Waals surface area contributed by atoms with Gasteiger partial charge < -0.3 is 16.4 Å². The number of carbonyl (C=O) groups is 2. The number of hydrogen-bond donors (Lipinski definition) is 3. The molecular formula is C20H31N3O2. The third-order valence-corrected chi connectivity index (χ3v) is 5.26. The Bertz CT molecular complexity index is 619. The molecule has 1 atom stereocenters. The molecule has 0 spiro atoms. The van der Waals surface area contributed by atoms with Gasteiger partial charge in [0.1, 0.15) is 0 Å². The minimum Gasteiger partial charge on any atom is -0.355 e. The van der Waals surface area contributed by atoms with E-state index in [0.717, 1.165) is 36.9 Å². The zero-order chi connectivity index (χ0) is 18.4. The first-order valence-corrected chi connectivity index (χ1v) is 9.23. The summed E-state index contributed by atoms with van der Waals surface area (Å²) in [5.74, 6) is -0.0108. The van der Waals surface area contributed by atoms with Gasteiger partial charge in [0.2, 0.25) is 11.8 Å². The van der Waals surface area contributed by atoms with Gasteiger partial charge in [-0.05, 0) is 63.3 Å². The molecule has 0 aromatic heterocycles. The summed E-state index contributed by atoms with van der Waals surface area (Å²) in [7, 11) is 0. The van der Waals surface area contributed by atoms with Crippen molar-refractivity contribution in [3.05, 3.63) is 29.3 Å². The van der Waals surface area contributed by atoms with Crippen LogP contribution in [0, 0.1) is 19.3 Å². The van der Waals surface area contributed by atoms with E-state index in [0.29, 0.717) is 19.4 Å². The molecule has 1 fully saturated rings. The van der Waals surface area contributed by atoms with Crippen molar-refractivity contribution in [2.45, 2.75) is 65.3 Å². The second-order valence-electron chi connectivity index (χ2n) is 7.53. The smallest absolute Gasteiger partial charge is 0.232 e. The van der Waals surface area contributed by atoms with E-state index in [-0.39, 0.29) is 17.9 Å². The van der Waals surface area contributed by atoms with Gasteiger partial charge in [-0.1, -0.05) is 18.9 Å². The van der Waals surface area contributed by atoms with Crippen molar-refractivity contribution >= 4 is 17.5 Å². The SMILES string of the molecule is Cc1ccc(NC(=O)C2(CNC(=O)CCC(C)N)CCCC2)cc1C. The molecule has 1 aromatic rings. The molecule has 1 aliphatic rings. The van der Waals surface area contributed by atoms with Crippen LogP contribution in [0.2, 0.25) is 0 Å². The van der Waals surface area contributed by atoms with Crippen LogP contribution in [0.5, 0.6) is 0 Å². The van der Waals surface area contributed by atoms with E-state index >= 15 is 0 Å². The van der Waals surface area contributed by atoms with Gasteiger partial charge in [0.15, 0.2) is 0 Å². The van der Waals surface area contributed by atoms with Crippen LogP contribution in [-0.4, -0.2) is 24.4 Å². The monoisotopic (exact) mass is 345 g/mol. The standard InChI is InChI=1S/C20H31N3O2/c1-14-6-8-17(12-15(14)2)23-19(25)20(10-4-5-11-20)13-22-18(24)9-7-16(3)21/h6,8,12,16H,4-5,7,9-11,13,21H2,1-3H3,(H,22,24)(H,23,25). The Labute approximate surface area is 150 Å². The van der Waals surface area contributed by atoms with Crippen molar-refractivity contribution in [3.63, 3.8) is 0 Å². The lowest BCUT2D eigenvalue weighted by molar-refractivity contribution is -0.126. The van der Waals surface area contributed by atoms with Crippen LogP contribution < -0.4 is 16.4 Å². The summed E-state index contributed by atoms with van der Waals surface area (Å²) in [4.78, 5) is 24.9. The van der Waals surface area contributed by atoms with Gasteiger partial charge in [0, 0.05) is 24.7 Å². The summed E-state index contributed by atoms with van der Waals surface area (Å²) in [5, 5.41) is 6.01. The summed E-state index contributed by atoms with van der Waals surface area (Å²) >= 11 is 0. The predicted octanol–water partition coefficient (Wildman–Crippen LogP) is 3.05.